The Kier molecular flexibility index (Phi) is 44.0. The van der Waals surface area contributed by atoms with Gasteiger partial charge in [-0.2, -0.15) is 0 Å². The van der Waals surface area contributed by atoms with Crippen molar-refractivity contribution in [3.63, 3.8) is 0 Å². The number of hydrogen-bond acceptors (Lipinski definition) is 5. The molecule has 5 heteroatoms. The maximum atomic E-state index is 12.2. The van der Waals surface area contributed by atoms with Gasteiger partial charge in [0, 0.05) is 12.8 Å². The van der Waals surface area contributed by atoms with Gasteiger partial charge in [0.05, 0.1) is 6.61 Å². The fourth-order valence-corrected chi connectivity index (χ4v) is 6.20. The van der Waals surface area contributed by atoms with E-state index in [1.807, 2.05) is 0 Å². The van der Waals surface area contributed by atoms with Crippen molar-refractivity contribution in [1.82, 2.24) is 0 Å². The van der Waals surface area contributed by atoms with Crippen LogP contribution in [0, 0.1) is 0 Å². The zero-order chi connectivity index (χ0) is 40.7. The van der Waals surface area contributed by atoms with Crippen LogP contribution in [0.1, 0.15) is 206 Å². The lowest BCUT2D eigenvalue weighted by atomic mass is 10.1. The Labute approximate surface area is 346 Å². The fourth-order valence-electron chi connectivity index (χ4n) is 6.20. The lowest BCUT2D eigenvalue weighted by Crippen LogP contribution is -2.28. The van der Waals surface area contributed by atoms with E-state index in [2.05, 4.69) is 98.9 Å². The predicted molar refractivity (Wildman–Crippen MR) is 242 cm³/mol. The number of carbonyl (C=O) groups is 2. The zero-order valence-corrected chi connectivity index (χ0v) is 36.4. The smallest absolute Gasteiger partial charge is 0.306 e. The van der Waals surface area contributed by atoms with Crippen LogP contribution in [0.5, 0.6) is 0 Å². The van der Waals surface area contributed by atoms with Crippen molar-refractivity contribution in [2.75, 3.05) is 13.2 Å². The van der Waals surface area contributed by atoms with Gasteiger partial charge in [-0.05, 0) is 89.9 Å². The standard InChI is InChI=1S/C51H86O5/c1-3-5-7-9-11-13-15-17-19-21-23-25-27-29-31-33-35-37-39-41-43-45-50(53)55-48-49(47-52)56-51(54)46-44-42-40-38-36-34-32-30-28-26-24-22-20-18-16-14-12-10-8-6-4-2/h6,8,12,14,18,20-21,23-24,26,30,32,36,38,49,52H,3-5,7,9-11,13,15-17,19,22,25,27-29,31,33-35,37,39-48H2,1-2H3/b8-6-,14-12-,20-18-,23-21-,26-24-,32-30-,38-36-. The first kappa shape index (κ1) is 53.1. The second-order valence-corrected chi connectivity index (χ2v) is 15.1. The van der Waals surface area contributed by atoms with Crippen LogP contribution >= 0.6 is 0 Å². The summed E-state index contributed by atoms with van der Waals surface area (Å²) in [6.45, 7) is 3.99. The van der Waals surface area contributed by atoms with E-state index in [0.717, 1.165) is 77.0 Å². The van der Waals surface area contributed by atoms with Crippen molar-refractivity contribution in [1.29, 1.82) is 0 Å². The average molecular weight is 779 g/mol. The summed E-state index contributed by atoms with van der Waals surface area (Å²) in [6.07, 6.45) is 63.7. The quantitative estimate of drug-likeness (QED) is 0.0380. The molecule has 320 valence electrons. The van der Waals surface area contributed by atoms with Gasteiger partial charge in [-0.1, -0.05) is 189 Å². The highest BCUT2D eigenvalue weighted by molar-refractivity contribution is 5.70. The minimum absolute atomic E-state index is 0.0886. The fraction of sp³-hybridized carbons (Fsp3) is 0.686. The summed E-state index contributed by atoms with van der Waals surface area (Å²) >= 11 is 0. The number of aliphatic hydroxyl groups is 1. The van der Waals surface area contributed by atoms with E-state index in [-0.39, 0.29) is 25.2 Å². The maximum Gasteiger partial charge on any atom is 0.306 e. The van der Waals surface area contributed by atoms with Crippen LogP contribution in [0.2, 0.25) is 0 Å². The molecule has 1 atom stereocenters. The van der Waals surface area contributed by atoms with Gasteiger partial charge in [0.2, 0.25) is 0 Å². The van der Waals surface area contributed by atoms with Crippen molar-refractivity contribution >= 4 is 11.9 Å². The number of allylic oxidation sites excluding steroid dienone is 14. The molecule has 0 amide bonds. The molecule has 1 N–H and O–H groups in total. The van der Waals surface area contributed by atoms with E-state index < -0.39 is 6.10 Å². The van der Waals surface area contributed by atoms with Crippen LogP contribution in [0.4, 0.5) is 0 Å². The lowest BCUT2D eigenvalue weighted by Gasteiger charge is -2.15. The average Bonchev–Trinajstić information content (AvgIpc) is 3.20. The molecule has 0 spiro atoms. The first-order valence-corrected chi connectivity index (χ1v) is 23.1. The van der Waals surface area contributed by atoms with Crippen molar-refractivity contribution in [2.45, 2.75) is 213 Å². The lowest BCUT2D eigenvalue weighted by molar-refractivity contribution is -0.161. The van der Waals surface area contributed by atoms with Crippen LogP contribution in [-0.4, -0.2) is 36.4 Å². The molecule has 0 aliphatic carbocycles. The highest BCUT2D eigenvalue weighted by Crippen LogP contribution is 2.13. The minimum Gasteiger partial charge on any atom is -0.462 e. The Hall–Kier alpha value is -2.92. The van der Waals surface area contributed by atoms with E-state index in [9.17, 15) is 14.7 Å². The second kappa shape index (κ2) is 46.5. The number of carbonyl (C=O) groups excluding carboxylic acids is 2. The van der Waals surface area contributed by atoms with Gasteiger partial charge in [0.15, 0.2) is 6.10 Å². The monoisotopic (exact) mass is 779 g/mol. The van der Waals surface area contributed by atoms with Crippen LogP contribution in [0.25, 0.3) is 0 Å². The molecular weight excluding hydrogens is 693 g/mol. The maximum absolute atomic E-state index is 12.2. The number of hydrogen-bond donors (Lipinski definition) is 1. The topological polar surface area (TPSA) is 72.8 Å². The third kappa shape index (κ3) is 43.8. The van der Waals surface area contributed by atoms with Crippen molar-refractivity contribution in [3.05, 3.63) is 85.1 Å². The molecule has 0 aromatic heterocycles. The van der Waals surface area contributed by atoms with Gasteiger partial charge in [-0.3, -0.25) is 9.59 Å². The highest BCUT2D eigenvalue weighted by atomic mass is 16.6. The third-order valence-electron chi connectivity index (χ3n) is 9.67. The van der Waals surface area contributed by atoms with E-state index >= 15 is 0 Å². The highest BCUT2D eigenvalue weighted by Gasteiger charge is 2.16. The van der Waals surface area contributed by atoms with Gasteiger partial charge in [-0.15, -0.1) is 0 Å². The van der Waals surface area contributed by atoms with Crippen LogP contribution in [-0.2, 0) is 19.1 Å². The Balaban J connectivity index is 3.63. The SMILES string of the molecule is CC/C=C\C/C=C\C/C=C\C/C=C\C/C=C\C/C=C\CCCCC(=O)OC(CO)COC(=O)CCCCCCCCCCC/C=C\CCCCCCCCCC. The molecular formula is C51H86O5. The molecule has 0 saturated carbocycles. The predicted octanol–water partition coefficient (Wildman–Crippen LogP) is 15.1. The van der Waals surface area contributed by atoms with Crippen molar-refractivity contribution in [2.24, 2.45) is 0 Å². The summed E-state index contributed by atoms with van der Waals surface area (Å²) in [5.74, 6) is -0.647. The molecule has 0 saturated heterocycles. The molecule has 56 heavy (non-hydrogen) atoms. The van der Waals surface area contributed by atoms with Gasteiger partial charge in [0.1, 0.15) is 6.61 Å². The van der Waals surface area contributed by atoms with Crippen LogP contribution in [0.15, 0.2) is 85.1 Å². The molecule has 0 radical (unpaired) electrons. The Bertz CT molecular complexity index is 1060. The number of ether oxygens (including phenoxy) is 2. The van der Waals surface area contributed by atoms with Crippen LogP contribution in [0.3, 0.4) is 0 Å². The largest absolute Gasteiger partial charge is 0.462 e. The second-order valence-electron chi connectivity index (χ2n) is 15.1. The third-order valence-corrected chi connectivity index (χ3v) is 9.67. The first-order chi connectivity index (χ1) is 27.6. The molecule has 0 bridgehead atoms. The number of unbranched alkanes of at least 4 members (excludes halogenated alkanes) is 19. The Morgan fingerprint density at radius 3 is 1.21 bits per heavy atom. The number of aliphatic hydroxyl groups excluding tert-OH is 1. The number of esters is 2. The summed E-state index contributed by atoms with van der Waals surface area (Å²) in [5, 5.41) is 9.59. The van der Waals surface area contributed by atoms with Crippen molar-refractivity contribution in [3.8, 4) is 0 Å². The molecule has 0 rings (SSSR count). The molecule has 1 unspecified atom stereocenters. The molecule has 5 nitrogen and oxygen atoms in total. The van der Waals surface area contributed by atoms with Gasteiger partial charge < -0.3 is 14.6 Å². The normalized spacial score (nSPS) is 13.0. The van der Waals surface area contributed by atoms with Gasteiger partial charge in [-0.25, -0.2) is 0 Å². The van der Waals surface area contributed by atoms with E-state index in [0.29, 0.717) is 12.8 Å². The summed E-state index contributed by atoms with van der Waals surface area (Å²) < 4.78 is 10.6. The van der Waals surface area contributed by atoms with Crippen LogP contribution < -0.4 is 0 Å². The first-order valence-electron chi connectivity index (χ1n) is 23.1. The van der Waals surface area contributed by atoms with E-state index in [1.54, 1.807) is 0 Å². The Morgan fingerprint density at radius 2 is 0.768 bits per heavy atom. The minimum atomic E-state index is -0.800. The number of rotatable bonds is 41. The summed E-state index contributed by atoms with van der Waals surface area (Å²) in [6, 6.07) is 0. The van der Waals surface area contributed by atoms with Gasteiger partial charge >= 0.3 is 11.9 Å². The van der Waals surface area contributed by atoms with Gasteiger partial charge in [0.25, 0.3) is 0 Å². The molecule has 0 aliphatic rings. The summed E-state index contributed by atoms with van der Waals surface area (Å²) in [4.78, 5) is 24.4. The van der Waals surface area contributed by atoms with E-state index in [1.165, 1.54) is 103 Å². The summed E-state index contributed by atoms with van der Waals surface area (Å²) in [7, 11) is 0. The summed E-state index contributed by atoms with van der Waals surface area (Å²) in [5.41, 5.74) is 0. The molecule has 0 aromatic carbocycles. The zero-order valence-electron chi connectivity index (χ0n) is 36.4. The molecule has 0 aliphatic heterocycles. The molecule has 0 aromatic rings. The van der Waals surface area contributed by atoms with E-state index in [4.69, 9.17) is 9.47 Å². The van der Waals surface area contributed by atoms with Crippen molar-refractivity contribution < 1.29 is 24.2 Å². The Morgan fingerprint density at radius 1 is 0.429 bits per heavy atom. The molecule has 0 heterocycles. The molecule has 0 fully saturated rings.